The Morgan fingerprint density at radius 3 is 2.63 bits per heavy atom. The molecule has 2 aromatic carbocycles. The highest BCUT2D eigenvalue weighted by Crippen LogP contribution is 2.36. The Morgan fingerprint density at radius 1 is 1.13 bits per heavy atom. The number of methoxy groups -OCH3 is 1. The molecule has 204 valence electrons. The number of aliphatic imine (C=N–C) groups is 1. The molecule has 1 amide bonds. The maximum atomic E-state index is 12.0. The van der Waals surface area contributed by atoms with E-state index in [0.29, 0.717) is 43.1 Å². The number of β-amino-alcohol motifs (C(OH)–C–C–N with tert-alkyl or cyclic N) is 1. The minimum Gasteiger partial charge on any atom is -0.475 e. The summed E-state index contributed by atoms with van der Waals surface area (Å²) in [4.78, 5) is 28.9. The van der Waals surface area contributed by atoms with Gasteiger partial charge in [0, 0.05) is 19.6 Å². The first-order valence-corrected chi connectivity index (χ1v) is 13.6. The van der Waals surface area contributed by atoms with Gasteiger partial charge in [0.15, 0.2) is 0 Å². The average Bonchev–Trinajstić information content (AvgIpc) is 3.47. The van der Waals surface area contributed by atoms with Crippen LogP contribution in [0, 0.1) is 11.8 Å². The Morgan fingerprint density at radius 2 is 1.87 bits per heavy atom. The van der Waals surface area contributed by atoms with Gasteiger partial charge in [-0.15, -0.1) is 0 Å². The number of likely N-dealkylation sites (tertiary alicyclic amines) is 1. The molecule has 1 aliphatic carbocycles. The maximum absolute atomic E-state index is 12.0. The number of carbonyl (C=O) groups is 2. The van der Waals surface area contributed by atoms with Gasteiger partial charge in [-0.25, -0.2) is 9.79 Å². The van der Waals surface area contributed by atoms with Crippen molar-refractivity contribution >= 4 is 18.3 Å². The number of piperidine rings is 1. The SMILES string of the molecule is COC(=O)c1ccccc1C1=NC(C(O)CN2CCC3CCCCC3C2)CO1.O=CNCc1ccccc1. The number of hydrogen-bond acceptors (Lipinski definition) is 7. The van der Waals surface area contributed by atoms with E-state index in [0.717, 1.165) is 30.5 Å². The molecule has 8 nitrogen and oxygen atoms in total. The van der Waals surface area contributed by atoms with Gasteiger partial charge in [-0.2, -0.15) is 0 Å². The van der Waals surface area contributed by atoms with Gasteiger partial charge in [-0.3, -0.25) is 4.79 Å². The first kappa shape index (κ1) is 27.8. The van der Waals surface area contributed by atoms with E-state index in [1.165, 1.54) is 39.2 Å². The maximum Gasteiger partial charge on any atom is 0.338 e. The normalized spacial score (nSPS) is 23.5. The third-order valence-electron chi connectivity index (χ3n) is 7.73. The number of carbonyl (C=O) groups excluding carboxylic acids is 2. The molecule has 5 rings (SSSR count). The quantitative estimate of drug-likeness (QED) is 0.408. The van der Waals surface area contributed by atoms with Gasteiger partial charge >= 0.3 is 5.97 Å². The summed E-state index contributed by atoms with van der Waals surface area (Å²) in [5, 5.41) is 13.4. The van der Waals surface area contributed by atoms with Crippen molar-refractivity contribution in [1.82, 2.24) is 10.2 Å². The number of nitrogens with zero attached hydrogens (tertiary/aromatic N) is 2. The highest BCUT2D eigenvalue weighted by molar-refractivity contribution is 6.05. The zero-order valence-corrected chi connectivity index (χ0v) is 22.1. The molecule has 1 saturated carbocycles. The zero-order valence-electron chi connectivity index (χ0n) is 22.1. The molecule has 0 bridgehead atoms. The van der Waals surface area contributed by atoms with Crippen LogP contribution in [0.25, 0.3) is 0 Å². The van der Waals surface area contributed by atoms with E-state index in [1.807, 2.05) is 36.4 Å². The molecule has 2 N–H and O–H groups in total. The Labute approximate surface area is 225 Å². The Balaban J connectivity index is 0.000000283. The first-order chi connectivity index (χ1) is 18.6. The third-order valence-corrected chi connectivity index (χ3v) is 7.73. The lowest BCUT2D eigenvalue weighted by atomic mass is 9.75. The molecule has 0 radical (unpaired) electrons. The van der Waals surface area contributed by atoms with Crippen molar-refractivity contribution in [3.05, 3.63) is 71.3 Å². The van der Waals surface area contributed by atoms with Crippen LogP contribution in [0.1, 0.15) is 53.6 Å². The van der Waals surface area contributed by atoms with Crippen LogP contribution < -0.4 is 5.32 Å². The van der Waals surface area contributed by atoms with Crippen LogP contribution >= 0.6 is 0 Å². The van der Waals surface area contributed by atoms with Crippen molar-refractivity contribution < 1.29 is 24.2 Å². The Hall–Kier alpha value is -3.23. The number of rotatable bonds is 8. The predicted octanol–water partition coefficient (Wildman–Crippen LogP) is 3.42. The predicted molar refractivity (Wildman–Crippen MR) is 146 cm³/mol. The smallest absolute Gasteiger partial charge is 0.338 e. The van der Waals surface area contributed by atoms with Gasteiger partial charge in [0.2, 0.25) is 12.3 Å². The molecular weight excluding hydrogens is 482 g/mol. The molecule has 2 aliphatic heterocycles. The lowest BCUT2D eigenvalue weighted by Crippen LogP contribution is -2.47. The number of hydrogen-bond donors (Lipinski definition) is 2. The fourth-order valence-corrected chi connectivity index (χ4v) is 5.68. The van der Waals surface area contributed by atoms with Crippen LogP contribution in [-0.2, 0) is 20.8 Å². The molecule has 2 heterocycles. The lowest BCUT2D eigenvalue weighted by Gasteiger charge is -2.42. The lowest BCUT2D eigenvalue weighted by molar-refractivity contribution is -0.109. The second-order valence-electron chi connectivity index (χ2n) is 10.3. The Kier molecular flexibility index (Phi) is 10.3. The summed E-state index contributed by atoms with van der Waals surface area (Å²) in [6, 6.07) is 16.6. The molecule has 1 saturated heterocycles. The van der Waals surface area contributed by atoms with E-state index in [2.05, 4.69) is 15.2 Å². The standard InChI is InChI=1S/C22H30N2O4.C8H9NO/c1-27-22(26)18-9-5-4-8-17(18)21-23-19(14-28-21)20(25)13-24-11-10-15-6-2-3-7-16(15)12-24;10-7-9-6-8-4-2-1-3-5-8/h4-5,8-9,15-16,19-20,25H,2-3,6-7,10-14H2,1H3;1-5,7H,6H2,(H,9,10). The summed E-state index contributed by atoms with van der Waals surface area (Å²) in [6.07, 6.45) is 6.82. The van der Waals surface area contributed by atoms with E-state index in [1.54, 1.807) is 18.2 Å². The van der Waals surface area contributed by atoms with E-state index in [4.69, 9.17) is 9.47 Å². The minimum absolute atomic E-state index is 0.301. The average molecular weight is 522 g/mol. The molecule has 38 heavy (non-hydrogen) atoms. The van der Waals surface area contributed by atoms with Crippen molar-refractivity contribution in [1.29, 1.82) is 0 Å². The zero-order chi connectivity index (χ0) is 26.7. The molecule has 0 aromatic heterocycles. The first-order valence-electron chi connectivity index (χ1n) is 13.6. The number of aliphatic hydroxyl groups is 1. The number of ether oxygens (including phenoxy) is 2. The summed E-state index contributed by atoms with van der Waals surface area (Å²) >= 11 is 0. The van der Waals surface area contributed by atoms with Gasteiger partial charge in [0.05, 0.1) is 24.3 Å². The monoisotopic (exact) mass is 521 g/mol. The number of aliphatic hydroxyl groups excluding tert-OH is 1. The van der Waals surface area contributed by atoms with Crippen LogP contribution in [0.15, 0.2) is 59.6 Å². The van der Waals surface area contributed by atoms with Crippen LogP contribution in [0.2, 0.25) is 0 Å². The van der Waals surface area contributed by atoms with Crippen LogP contribution in [0.5, 0.6) is 0 Å². The van der Waals surface area contributed by atoms with Gasteiger partial charge in [-0.05, 0) is 48.9 Å². The third kappa shape index (κ3) is 7.42. The molecule has 4 atom stereocenters. The molecule has 3 aliphatic rings. The van der Waals surface area contributed by atoms with E-state index in [9.17, 15) is 14.7 Å². The second-order valence-corrected chi connectivity index (χ2v) is 10.3. The van der Waals surface area contributed by atoms with Gasteiger partial charge < -0.3 is 24.8 Å². The molecule has 4 unspecified atom stereocenters. The van der Waals surface area contributed by atoms with Crippen LogP contribution in [0.4, 0.5) is 0 Å². The van der Waals surface area contributed by atoms with E-state index < -0.39 is 12.1 Å². The summed E-state index contributed by atoms with van der Waals surface area (Å²) in [6.45, 7) is 3.74. The van der Waals surface area contributed by atoms with Gasteiger partial charge in [0.25, 0.3) is 0 Å². The molecule has 2 fully saturated rings. The number of benzene rings is 2. The summed E-state index contributed by atoms with van der Waals surface area (Å²) < 4.78 is 10.6. The van der Waals surface area contributed by atoms with Crippen molar-refractivity contribution in [2.75, 3.05) is 33.4 Å². The summed E-state index contributed by atoms with van der Waals surface area (Å²) in [5.41, 5.74) is 2.17. The van der Waals surface area contributed by atoms with Crippen LogP contribution in [0.3, 0.4) is 0 Å². The summed E-state index contributed by atoms with van der Waals surface area (Å²) in [7, 11) is 1.36. The fraction of sp³-hybridized carbons (Fsp3) is 0.500. The Bertz CT molecular complexity index is 1080. The largest absolute Gasteiger partial charge is 0.475 e. The van der Waals surface area contributed by atoms with Crippen molar-refractivity contribution in [3.63, 3.8) is 0 Å². The highest BCUT2D eigenvalue weighted by atomic mass is 16.5. The highest BCUT2D eigenvalue weighted by Gasteiger charge is 2.34. The molecular formula is C30H39N3O5. The van der Waals surface area contributed by atoms with E-state index >= 15 is 0 Å². The van der Waals surface area contributed by atoms with Crippen molar-refractivity contribution in [2.45, 2.75) is 50.8 Å². The topological polar surface area (TPSA) is 100 Å². The second kappa shape index (κ2) is 14.1. The number of esters is 1. The fourth-order valence-electron chi connectivity index (χ4n) is 5.68. The molecule has 2 aromatic rings. The van der Waals surface area contributed by atoms with Crippen molar-refractivity contribution in [3.8, 4) is 0 Å². The van der Waals surface area contributed by atoms with Crippen molar-refractivity contribution in [2.24, 2.45) is 16.8 Å². The number of amides is 1. The summed E-state index contributed by atoms with van der Waals surface area (Å²) in [5.74, 6) is 1.68. The van der Waals surface area contributed by atoms with E-state index in [-0.39, 0.29) is 6.04 Å². The van der Waals surface area contributed by atoms with Gasteiger partial charge in [-0.1, -0.05) is 61.7 Å². The minimum atomic E-state index is -0.567. The number of nitrogens with one attached hydrogen (secondary N) is 1. The van der Waals surface area contributed by atoms with Gasteiger partial charge in [0.1, 0.15) is 12.6 Å². The molecule has 8 heteroatoms. The van der Waals surface area contributed by atoms with Crippen LogP contribution in [-0.4, -0.2) is 73.8 Å². The molecule has 0 spiro atoms. The number of fused-ring (bicyclic) bond motifs is 1.